The summed E-state index contributed by atoms with van der Waals surface area (Å²) in [5.41, 5.74) is 1.85. The lowest BCUT2D eigenvalue weighted by Gasteiger charge is -2.24. The molecule has 3 saturated heterocycles. The van der Waals surface area contributed by atoms with Crippen molar-refractivity contribution in [1.29, 1.82) is 0 Å². The molecule has 0 aliphatic carbocycles. The molecular weight excluding hydrogens is 338 g/mol. The number of likely N-dealkylation sites (tertiary alicyclic amines) is 2. The number of carbonyl (C=O) groups is 2. The molecule has 25 heavy (non-hydrogen) atoms. The van der Waals surface area contributed by atoms with E-state index >= 15 is 0 Å². The lowest BCUT2D eigenvalue weighted by atomic mass is 10.1. The van der Waals surface area contributed by atoms with E-state index < -0.39 is 0 Å². The van der Waals surface area contributed by atoms with Crippen molar-refractivity contribution in [3.63, 3.8) is 0 Å². The van der Waals surface area contributed by atoms with Crippen molar-refractivity contribution < 1.29 is 9.59 Å². The molecule has 0 spiro atoms. The summed E-state index contributed by atoms with van der Waals surface area (Å²) in [6, 6.07) is 8.85. The van der Waals surface area contributed by atoms with Gasteiger partial charge in [0.1, 0.15) is 0 Å². The Bertz CT molecular complexity index is 634. The van der Waals surface area contributed by atoms with Crippen LogP contribution in [0.15, 0.2) is 24.3 Å². The highest BCUT2D eigenvalue weighted by Crippen LogP contribution is 2.22. The van der Waals surface area contributed by atoms with Crippen LogP contribution in [0.25, 0.3) is 0 Å². The van der Waals surface area contributed by atoms with Crippen LogP contribution in [0.1, 0.15) is 48.0 Å². The molecule has 1 N–H and O–H groups in total. The van der Waals surface area contributed by atoms with Crippen molar-refractivity contribution in [1.82, 2.24) is 15.1 Å². The molecular formula is C19H26ClN3O2. The molecule has 3 aliphatic heterocycles. The van der Waals surface area contributed by atoms with Crippen LogP contribution in [0.3, 0.4) is 0 Å². The number of nitrogens with one attached hydrogen (secondary N) is 1. The molecule has 0 aromatic heterocycles. The molecule has 3 aliphatic rings. The van der Waals surface area contributed by atoms with Crippen molar-refractivity contribution in [2.45, 2.75) is 50.7 Å². The van der Waals surface area contributed by atoms with Gasteiger partial charge in [0.25, 0.3) is 5.91 Å². The van der Waals surface area contributed by atoms with E-state index in [2.05, 4.69) is 5.32 Å². The van der Waals surface area contributed by atoms with Crippen LogP contribution in [0.2, 0.25) is 0 Å². The van der Waals surface area contributed by atoms with E-state index in [-0.39, 0.29) is 24.2 Å². The zero-order valence-electron chi connectivity index (χ0n) is 14.4. The standard InChI is InChI=1S/C19H25N3O2.ClH/c23-18-2-1-10-21(18)12-14-3-5-15(6-4-14)19(24)22-11-9-16-7-8-17(13-22)20-16;/h3-6,16-17,20H,1-2,7-13H2;1H. The largest absolute Gasteiger partial charge is 0.338 e. The maximum absolute atomic E-state index is 12.8. The van der Waals surface area contributed by atoms with E-state index in [1.54, 1.807) is 0 Å². The van der Waals surface area contributed by atoms with Crippen LogP contribution in [0.5, 0.6) is 0 Å². The van der Waals surface area contributed by atoms with Crippen molar-refractivity contribution in [2.24, 2.45) is 0 Å². The van der Waals surface area contributed by atoms with Gasteiger partial charge in [0.2, 0.25) is 5.91 Å². The minimum absolute atomic E-state index is 0. The van der Waals surface area contributed by atoms with Gasteiger partial charge >= 0.3 is 0 Å². The molecule has 0 saturated carbocycles. The third-order valence-corrected chi connectivity index (χ3v) is 5.56. The monoisotopic (exact) mass is 363 g/mol. The van der Waals surface area contributed by atoms with Gasteiger partial charge in [-0.15, -0.1) is 12.4 Å². The number of benzene rings is 1. The molecule has 1 aromatic carbocycles. The van der Waals surface area contributed by atoms with Gasteiger partial charge in [-0.2, -0.15) is 0 Å². The number of rotatable bonds is 3. The fourth-order valence-electron chi connectivity index (χ4n) is 4.15. The number of nitrogens with zero attached hydrogens (tertiary/aromatic N) is 2. The molecule has 6 heteroatoms. The first-order valence-corrected chi connectivity index (χ1v) is 9.11. The van der Waals surface area contributed by atoms with Gasteiger partial charge < -0.3 is 15.1 Å². The Morgan fingerprint density at radius 2 is 1.84 bits per heavy atom. The third kappa shape index (κ3) is 3.98. The zero-order chi connectivity index (χ0) is 16.5. The summed E-state index contributed by atoms with van der Waals surface area (Å²) in [7, 11) is 0. The zero-order valence-corrected chi connectivity index (χ0v) is 15.3. The first-order chi connectivity index (χ1) is 11.7. The third-order valence-electron chi connectivity index (χ3n) is 5.56. The Morgan fingerprint density at radius 1 is 1.08 bits per heavy atom. The lowest BCUT2D eigenvalue weighted by molar-refractivity contribution is -0.128. The Kier molecular flexibility index (Phi) is 5.64. The second kappa shape index (κ2) is 7.75. The van der Waals surface area contributed by atoms with Crippen molar-refractivity contribution in [3.8, 4) is 0 Å². The Labute approximate surface area is 155 Å². The fraction of sp³-hybridized carbons (Fsp3) is 0.579. The van der Waals surface area contributed by atoms with Crippen LogP contribution in [-0.2, 0) is 11.3 Å². The van der Waals surface area contributed by atoms with Crippen LogP contribution in [0, 0.1) is 0 Å². The molecule has 3 heterocycles. The highest BCUT2D eigenvalue weighted by atomic mass is 35.5. The van der Waals surface area contributed by atoms with E-state index in [9.17, 15) is 9.59 Å². The topological polar surface area (TPSA) is 52.7 Å². The van der Waals surface area contributed by atoms with Crippen LogP contribution in [-0.4, -0.2) is 53.3 Å². The lowest BCUT2D eigenvalue weighted by Crippen LogP contribution is -2.39. The molecule has 2 atom stereocenters. The molecule has 0 radical (unpaired) electrons. The van der Waals surface area contributed by atoms with Gasteiger partial charge in [-0.25, -0.2) is 0 Å². The predicted octanol–water partition coefficient (Wildman–Crippen LogP) is 2.20. The van der Waals surface area contributed by atoms with Crippen molar-refractivity contribution >= 4 is 24.2 Å². The first-order valence-electron chi connectivity index (χ1n) is 9.11. The van der Waals surface area contributed by atoms with Gasteiger partial charge in [0.15, 0.2) is 0 Å². The summed E-state index contributed by atoms with van der Waals surface area (Å²) >= 11 is 0. The first kappa shape index (κ1) is 18.2. The van der Waals surface area contributed by atoms with E-state index in [4.69, 9.17) is 0 Å². The second-order valence-electron chi connectivity index (χ2n) is 7.29. The maximum Gasteiger partial charge on any atom is 0.253 e. The summed E-state index contributed by atoms with van der Waals surface area (Å²) in [5.74, 6) is 0.371. The number of halogens is 1. The van der Waals surface area contributed by atoms with E-state index in [1.165, 1.54) is 12.8 Å². The van der Waals surface area contributed by atoms with E-state index in [1.807, 2.05) is 34.1 Å². The maximum atomic E-state index is 12.8. The predicted molar refractivity (Wildman–Crippen MR) is 98.8 cm³/mol. The van der Waals surface area contributed by atoms with E-state index in [0.717, 1.165) is 43.6 Å². The molecule has 1 aromatic rings. The minimum atomic E-state index is 0. The van der Waals surface area contributed by atoms with Gasteiger partial charge in [-0.05, 0) is 43.4 Å². The van der Waals surface area contributed by atoms with Crippen molar-refractivity contribution in [3.05, 3.63) is 35.4 Å². The van der Waals surface area contributed by atoms with Crippen LogP contribution in [0.4, 0.5) is 0 Å². The molecule has 5 nitrogen and oxygen atoms in total. The van der Waals surface area contributed by atoms with Gasteiger partial charge in [-0.3, -0.25) is 9.59 Å². The Morgan fingerprint density at radius 3 is 2.56 bits per heavy atom. The van der Waals surface area contributed by atoms with Gasteiger partial charge in [0, 0.05) is 50.2 Å². The molecule has 136 valence electrons. The van der Waals surface area contributed by atoms with Crippen LogP contribution >= 0.6 is 12.4 Å². The molecule has 3 fully saturated rings. The molecule has 4 rings (SSSR count). The highest BCUT2D eigenvalue weighted by molar-refractivity contribution is 5.94. The average molecular weight is 364 g/mol. The highest BCUT2D eigenvalue weighted by Gasteiger charge is 2.31. The van der Waals surface area contributed by atoms with Gasteiger partial charge in [0.05, 0.1) is 0 Å². The SMILES string of the molecule is Cl.O=C1CCCN1Cc1ccc(C(=O)N2CCC3CCC(C2)N3)cc1. The Balaban J connectivity index is 0.00000182. The summed E-state index contributed by atoms with van der Waals surface area (Å²) in [5, 5.41) is 3.61. The second-order valence-corrected chi connectivity index (χ2v) is 7.29. The molecule has 2 amide bonds. The Hall–Kier alpha value is -1.59. The average Bonchev–Trinajstić information content (AvgIpc) is 3.13. The summed E-state index contributed by atoms with van der Waals surface area (Å²) in [6.45, 7) is 3.17. The number of hydrogen-bond acceptors (Lipinski definition) is 3. The molecule has 2 bridgehead atoms. The number of hydrogen-bond donors (Lipinski definition) is 1. The quantitative estimate of drug-likeness (QED) is 0.895. The number of carbonyl (C=O) groups excluding carboxylic acids is 2. The van der Waals surface area contributed by atoms with E-state index in [0.29, 0.717) is 25.0 Å². The summed E-state index contributed by atoms with van der Waals surface area (Å²) < 4.78 is 0. The molecule has 2 unspecified atom stereocenters. The summed E-state index contributed by atoms with van der Waals surface area (Å²) in [6.07, 6.45) is 5.10. The van der Waals surface area contributed by atoms with Gasteiger partial charge in [-0.1, -0.05) is 12.1 Å². The number of amides is 2. The number of fused-ring (bicyclic) bond motifs is 2. The normalized spacial score (nSPS) is 25.7. The van der Waals surface area contributed by atoms with Crippen molar-refractivity contribution in [2.75, 3.05) is 19.6 Å². The summed E-state index contributed by atoms with van der Waals surface area (Å²) in [4.78, 5) is 28.4. The fourth-order valence-corrected chi connectivity index (χ4v) is 4.15. The van der Waals surface area contributed by atoms with Crippen LogP contribution < -0.4 is 5.32 Å². The smallest absolute Gasteiger partial charge is 0.253 e. The minimum Gasteiger partial charge on any atom is -0.338 e.